The van der Waals surface area contributed by atoms with Crippen molar-refractivity contribution in [3.05, 3.63) is 40.1 Å². The lowest BCUT2D eigenvalue weighted by atomic mass is 9.44. The van der Waals surface area contributed by atoms with Gasteiger partial charge in [-0.25, -0.2) is 0 Å². The van der Waals surface area contributed by atoms with Crippen molar-refractivity contribution in [3.63, 3.8) is 0 Å². The van der Waals surface area contributed by atoms with Crippen LogP contribution in [-0.2, 0) is 11.4 Å². The fraction of sp³-hybridized carbons (Fsp3) is 0.700. The minimum atomic E-state index is -0.805. The second-order valence-corrected chi connectivity index (χ2v) is 13.7. The third-order valence-electron chi connectivity index (χ3n) is 10.6. The molecule has 1 aromatic rings. The molecule has 7 atom stereocenters. The molecule has 0 aliphatic heterocycles. The predicted octanol–water partition coefficient (Wildman–Crippen LogP) is 6.59. The molecule has 0 saturated heterocycles. The summed E-state index contributed by atoms with van der Waals surface area (Å²) < 4.78 is 0.951. The molecular formula is C30H43BrN4O2. The van der Waals surface area contributed by atoms with Crippen LogP contribution in [0.15, 0.2) is 44.8 Å². The molecule has 0 amide bonds. The van der Waals surface area contributed by atoms with Gasteiger partial charge < -0.3 is 15.0 Å². The SMILES string of the molecule is C/C(=N\N(C)C)[C@@]1(O)CC[C@H]2[C@@H]3C[C@H](C)C4=C/C(=N/OCc5cncc(Br)c5)CC[C@]4(C)[C@H]3CC[C@@]21C. The first-order valence-electron chi connectivity index (χ1n) is 13.9. The van der Waals surface area contributed by atoms with Crippen molar-refractivity contribution in [2.45, 2.75) is 84.8 Å². The largest absolute Gasteiger partial charge is 0.391 e. The Balaban J connectivity index is 1.36. The van der Waals surface area contributed by atoms with Gasteiger partial charge in [-0.2, -0.15) is 5.10 Å². The highest BCUT2D eigenvalue weighted by Gasteiger charge is 2.65. The van der Waals surface area contributed by atoms with Crippen LogP contribution in [0.1, 0.15) is 78.2 Å². The summed E-state index contributed by atoms with van der Waals surface area (Å²) in [5, 5.41) is 23.1. The van der Waals surface area contributed by atoms with Crippen molar-refractivity contribution in [1.82, 2.24) is 9.99 Å². The highest BCUT2D eigenvalue weighted by atomic mass is 79.9. The monoisotopic (exact) mass is 570 g/mol. The van der Waals surface area contributed by atoms with Crippen LogP contribution in [0, 0.1) is 34.5 Å². The lowest BCUT2D eigenvalue weighted by Gasteiger charge is -2.60. The molecule has 4 aliphatic rings. The molecule has 1 heterocycles. The van der Waals surface area contributed by atoms with E-state index in [1.165, 1.54) is 12.8 Å². The Labute approximate surface area is 230 Å². The van der Waals surface area contributed by atoms with Gasteiger partial charge in [0.1, 0.15) is 12.2 Å². The average molecular weight is 572 g/mol. The van der Waals surface area contributed by atoms with Gasteiger partial charge in [-0.05, 0) is 109 Å². The minimum Gasteiger partial charge on any atom is -0.391 e. The van der Waals surface area contributed by atoms with Crippen LogP contribution in [-0.4, -0.2) is 46.2 Å². The first kappa shape index (κ1) is 26.9. The maximum atomic E-state index is 12.0. The number of rotatable bonds is 5. The van der Waals surface area contributed by atoms with Crippen LogP contribution in [0.4, 0.5) is 0 Å². The molecule has 37 heavy (non-hydrogen) atoms. The van der Waals surface area contributed by atoms with E-state index in [-0.39, 0.29) is 10.8 Å². The van der Waals surface area contributed by atoms with Crippen LogP contribution in [0.25, 0.3) is 0 Å². The lowest BCUT2D eigenvalue weighted by Crippen LogP contribution is -2.58. The number of allylic oxidation sites excluding steroid dienone is 2. The number of halogens is 1. The zero-order chi connectivity index (χ0) is 26.6. The van der Waals surface area contributed by atoms with Gasteiger partial charge >= 0.3 is 0 Å². The molecule has 3 saturated carbocycles. The Morgan fingerprint density at radius 3 is 2.68 bits per heavy atom. The van der Waals surface area contributed by atoms with Crippen molar-refractivity contribution in [2.24, 2.45) is 44.8 Å². The summed E-state index contributed by atoms with van der Waals surface area (Å²) in [5.41, 5.74) is 3.81. The molecular weight excluding hydrogens is 528 g/mol. The Bertz CT molecular complexity index is 1130. The number of aliphatic hydroxyl groups is 1. The summed E-state index contributed by atoms with van der Waals surface area (Å²) in [6.45, 7) is 9.74. The Morgan fingerprint density at radius 2 is 1.95 bits per heavy atom. The van der Waals surface area contributed by atoms with Crippen LogP contribution >= 0.6 is 15.9 Å². The van der Waals surface area contributed by atoms with Crippen molar-refractivity contribution in [2.75, 3.05) is 14.1 Å². The molecule has 0 aromatic carbocycles. The van der Waals surface area contributed by atoms with Crippen molar-refractivity contribution in [3.8, 4) is 0 Å². The molecule has 0 unspecified atom stereocenters. The zero-order valence-electron chi connectivity index (χ0n) is 23.3. The topological polar surface area (TPSA) is 70.3 Å². The number of oxime groups is 1. The summed E-state index contributed by atoms with van der Waals surface area (Å²) in [4.78, 5) is 9.96. The van der Waals surface area contributed by atoms with E-state index in [2.05, 4.69) is 58.0 Å². The van der Waals surface area contributed by atoms with Crippen LogP contribution in [0.3, 0.4) is 0 Å². The van der Waals surface area contributed by atoms with E-state index in [0.717, 1.165) is 53.6 Å². The van der Waals surface area contributed by atoms with Gasteiger partial charge in [-0.15, -0.1) is 0 Å². The van der Waals surface area contributed by atoms with Crippen LogP contribution in [0.5, 0.6) is 0 Å². The van der Waals surface area contributed by atoms with E-state index in [9.17, 15) is 5.11 Å². The molecule has 6 nitrogen and oxygen atoms in total. The van der Waals surface area contributed by atoms with Crippen molar-refractivity contribution in [1.29, 1.82) is 0 Å². The molecule has 1 N–H and O–H groups in total. The number of pyridine rings is 1. The van der Waals surface area contributed by atoms with Gasteiger partial charge in [0.05, 0.1) is 11.4 Å². The fourth-order valence-electron chi connectivity index (χ4n) is 8.79. The molecule has 3 fully saturated rings. The van der Waals surface area contributed by atoms with Crippen molar-refractivity contribution < 1.29 is 9.94 Å². The third-order valence-corrected chi connectivity index (χ3v) is 11.0. The van der Waals surface area contributed by atoms with Gasteiger partial charge in [0.25, 0.3) is 0 Å². The highest BCUT2D eigenvalue weighted by molar-refractivity contribution is 9.10. The standard InChI is InChI=1S/C30H43BrN4O2/c1-19-13-24-25(8-11-29(4)26(24)9-12-30(29,36)20(2)33-35(5)6)28(3)10-7-23(15-27(19)28)34-37-18-21-14-22(31)17-32-16-21/h14-17,19,24-26,36H,7-13,18H2,1-6H3/b33-20+,34-23+/t19-,24+,25-,26-,28+,29-,30-/m0/s1. The molecule has 0 bridgehead atoms. The van der Waals surface area contributed by atoms with E-state index < -0.39 is 5.60 Å². The number of nitrogens with zero attached hydrogens (tertiary/aromatic N) is 4. The number of hydrazone groups is 1. The summed E-state index contributed by atoms with van der Waals surface area (Å²) in [6.07, 6.45) is 13.4. The quantitative estimate of drug-likeness (QED) is 0.320. The Kier molecular flexibility index (Phi) is 7.10. The van der Waals surface area contributed by atoms with Gasteiger partial charge in [-0.1, -0.05) is 31.5 Å². The van der Waals surface area contributed by atoms with E-state index in [0.29, 0.717) is 30.3 Å². The van der Waals surface area contributed by atoms with Gasteiger partial charge in [0, 0.05) is 41.9 Å². The highest BCUT2D eigenvalue weighted by Crippen LogP contribution is 2.68. The lowest BCUT2D eigenvalue weighted by molar-refractivity contribution is -0.100. The minimum absolute atomic E-state index is 0.106. The van der Waals surface area contributed by atoms with Crippen LogP contribution < -0.4 is 0 Å². The second-order valence-electron chi connectivity index (χ2n) is 12.8. The predicted molar refractivity (Wildman–Crippen MR) is 152 cm³/mol. The van der Waals surface area contributed by atoms with Crippen molar-refractivity contribution >= 4 is 27.4 Å². The smallest absolute Gasteiger partial charge is 0.143 e. The third kappa shape index (κ3) is 4.48. The first-order chi connectivity index (χ1) is 17.5. The van der Waals surface area contributed by atoms with E-state index in [1.807, 2.05) is 38.3 Å². The Morgan fingerprint density at radius 1 is 1.19 bits per heavy atom. The Hall–Kier alpha value is -1.73. The van der Waals surface area contributed by atoms with E-state index in [1.54, 1.807) is 11.8 Å². The van der Waals surface area contributed by atoms with E-state index >= 15 is 0 Å². The second kappa shape index (κ2) is 9.78. The molecule has 7 heteroatoms. The van der Waals surface area contributed by atoms with Crippen LogP contribution in [0.2, 0.25) is 0 Å². The normalized spacial score (nSPS) is 40.5. The average Bonchev–Trinajstić information content (AvgIpc) is 3.11. The molecule has 5 rings (SSSR count). The number of hydrogen-bond acceptors (Lipinski definition) is 6. The summed E-state index contributed by atoms with van der Waals surface area (Å²) in [6, 6.07) is 2.02. The summed E-state index contributed by atoms with van der Waals surface area (Å²) >= 11 is 3.47. The molecule has 0 spiro atoms. The van der Waals surface area contributed by atoms with Gasteiger partial charge in [0.2, 0.25) is 0 Å². The number of aromatic nitrogens is 1. The zero-order valence-corrected chi connectivity index (χ0v) is 24.9. The number of hydrogen-bond donors (Lipinski definition) is 1. The maximum Gasteiger partial charge on any atom is 0.143 e. The maximum absolute atomic E-state index is 12.0. The molecule has 202 valence electrons. The molecule has 0 radical (unpaired) electrons. The summed E-state index contributed by atoms with van der Waals surface area (Å²) in [5.74, 6) is 2.37. The number of fused-ring (bicyclic) bond motifs is 5. The first-order valence-corrected chi connectivity index (χ1v) is 14.7. The van der Waals surface area contributed by atoms with Gasteiger partial charge in [0.15, 0.2) is 0 Å². The molecule has 1 aromatic heterocycles. The van der Waals surface area contributed by atoms with Gasteiger partial charge in [-0.3, -0.25) is 4.98 Å². The molecule has 4 aliphatic carbocycles. The van der Waals surface area contributed by atoms with E-state index in [4.69, 9.17) is 4.84 Å². The summed E-state index contributed by atoms with van der Waals surface area (Å²) in [7, 11) is 3.89. The fourth-order valence-corrected chi connectivity index (χ4v) is 9.20.